The van der Waals surface area contributed by atoms with Gasteiger partial charge >= 0.3 is 0 Å². The molecular formula is C9H10N2OS. The fraction of sp³-hybridized carbons (Fsp3) is 0.222. The van der Waals surface area contributed by atoms with Gasteiger partial charge < -0.3 is 5.73 Å². The Kier molecular flexibility index (Phi) is 3.04. The number of nitriles is 1. The largest absolute Gasteiger partial charge is 0.399 e. The van der Waals surface area contributed by atoms with Gasteiger partial charge in [0.15, 0.2) is 0 Å². The van der Waals surface area contributed by atoms with Crippen LogP contribution in [0.4, 0.5) is 5.69 Å². The van der Waals surface area contributed by atoms with E-state index < -0.39 is 10.8 Å². The van der Waals surface area contributed by atoms with Crippen LogP contribution in [0.15, 0.2) is 23.1 Å². The number of hydrogen-bond acceptors (Lipinski definition) is 3. The Morgan fingerprint density at radius 3 is 2.92 bits per heavy atom. The highest BCUT2D eigenvalue weighted by molar-refractivity contribution is 7.85. The molecule has 1 atom stereocenters. The van der Waals surface area contributed by atoms with Crippen LogP contribution in [-0.2, 0) is 10.8 Å². The van der Waals surface area contributed by atoms with Crippen LogP contribution in [0, 0.1) is 18.3 Å². The summed E-state index contributed by atoms with van der Waals surface area (Å²) in [5, 5.41) is 8.38. The molecule has 4 heteroatoms. The Labute approximate surface area is 79.6 Å². The zero-order valence-corrected chi connectivity index (χ0v) is 8.10. The normalized spacial score (nSPS) is 12.0. The molecule has 0 radical (unpaired) electrons. The van der Waals surface area contributed by atoms with Crippen molar-refractivity contribution in [1.29, 1.82) is 5.26 Å². The molecule has 1 aromatic carbocycles. The first-order valence-electron chi connectivity index (χ1n) is 3.76. The lowest BCUT2D eigenvalue weighted by molar-refractivity contribution is 0.685. The van der Waals surface area contributed by atoms with E-state index in [1.807, 2.05) is 13.0 Å². The zero-order chi connectivity index (χ0) is 9.84. The molecule has 0 bridgehead atoms. The average Bonchev–Trinajstić information content (AvgIpc) is 2.09. The minimum absolute atomic E-state index is 0.0181. The molecule has 1 aromatic rings. The van der Waals surface area contributed by atoms with Gasteiger partial charge in [-0.1, -0.05) is 6.07 Å². The van der Waals surface area contributed by atoms with E-state index in [0.717, 1.165) is 5.56 Å². The Morgan fingerprint density at radius 2 is 2.31 bits per heavy atom. The summed E-state index contributed by atoms with van der Waals surface area (Å²) in [5.74, 6) is 0.0181. The van der Waals surface area contributed by atoms with E-state index in [1.54, 1.807) is 18.2 Å². The van der Waals surface area contributed by atoms with Crippen molar-refractivity contribution >= 4 is 16.5 Å². The van der Waals surface area contributed by atoms with Crippen LogP contribution in [0.2, 0.25) is 0 Å². The van der Waals surface area contributed by atoms with Crippen molar-refractivity contribution in [2.45, 2.75) is 11.8 Å². The average molecular weight is 194 g/mol. The second-order valence-corrected chi connectivity index (χ2v) is 4.09. The van der Waals surface area contributed by atoms with Crippen LogP contribution in [0.25, 0.3) is 0 Å². The Morgan fingerprint density at radius 1 is 1.62 bits per heavy atom. The fourth-order valence-corrected chi connectivity index (χ4v) is 1.97. The number of hydrogen-bond donors (Lipinski definition) is 1. The number of anilines is 1. The molecule has 0 saturated heterocycles. The van der Waals surface area contributed by atoms with Crippen LogP contribution in [-0.4, -0.2) is 9.96 Å². The lowest BCUT2D eigenvalue weighted by Crippen LogP contribution is -1.99. The van der Waals surface area contributed by atoms with Crippen molar-refractivity contribution in [3.05, 3.63) is 23.8 Å². The number of benzene rings is 1. The van der Waals surface area contributed by atoms with Gasteiger partial charge in [-0.15, -0.1) is 0 Å². The third-order valence-corrected chi connectivity index (χ3v) is 2.97. The molecule has 2 N–H and O–H groups in total. The minimum atomic E-state index is -1.25. The second-order valence-electron chi connectivity index (χ2n) is 2.67. The smallest absolute Gasteiger partial charge is 0.115 e. The van der Waals surface area contributed by atoms with Crippen molar-refractivity contribution in [3.8, 4) is 6.07 Å². The predicted octanol–water partition coefficient (Wildman–Crippen LogP) is 1.21. The standard InChI is InChI=1S/C9H10N2OS/c1-7-2-3-8(11)6-9(7)13(12)5-4-10/h2-3,6H,5,11H2,1H3. The van der Waals surface area contributed by atoms with Gasteiger partial charge in [-0.05, 0) is 24.6 Å². The maximum atomic E-state index is 11.5. The minimum Gasteiger partial charge on any atom is -0.399 e. The first-order valence-corrected chi connectivity index (χ1v) is 5.08. The molecule has 0 aliphatic carbocycles. The van der Waals surface area contributed by atoms with E-state index in [0.29, 0.717) is 10.6 Å². The molecule has 1 rings (SSSR count). The Bertz CT molecular complexity index is 382. The highest BCUT2D eigenvalue weighted by Gasteiger charge is 2.06. The molecule has 0 aliphatic heterocycles. The third-order valence-electron chi connectivity index (χ3n) is 1.65. The highest BCUT2D eigenvalue weighted by atomic mass is 32.2. The van der Waals surface area contributed by atoms with Gasteiger partial charge in [-0.3, -0.25) is 4.21 Å². The van der Waals surface area contributed by atoms with Crippen LogP contribution in [0.5, 0.6) is 0 Å². The van der Waals surface area contributed by atoms with E-state index in [-0.39, 0.29) is 5.75 Å². The van der Waals surface area contributed by atoms with Crippen molar-refractivity contribution < 1.29 is 4.21 Å². The van der Waals surface area contributed by atoms with Crippen molar-refractivity contribution in [2.24, 2.45) is 0 Å². The van der Waals surface area contributed by atoms with Crippen LogP contribution in [0.3, 0.4) is 0 Å². The first-order chi connectivity index (χ1) is 6.15. The molecule has 68 valence electrons. The predicted molar refractivity (Wildman–Crippen MR) is 52.5 cm³/mol. The molecule has 0 aliphatic rings. The summed E-state index contributed by atoms with van der Waals surface area (Å²) in [6.07, 6.45) is 0. The van der Waals surface area contributed by atoms with E-state index in [4.69, 9.17) is 11.0 Å². The molecule has 0 heterocycles. The molecular weight excluding hydrogens is 184 g/mol. The van der Waals surface area contributed by atoms with E-state index in [2.05, 4.69) is 0 Å². The van der Waals surface area contributed by atoms with Gasteiger partial charge in [0.1, 0.15) is 5.75 Å². The number of aryl methyl sites for hydroxylation is 1. The lowest BCUT2D eigenvalue weighted by Gasteiger charge is -2.03. The molecule has 3 nitrogen and oxygen atoms in total. The summed E-state index contributed by atoms with van der Waals surface area (Å²) < 4.78 is 11.5. The van der Waals surface area contributed by atoms with E-state index in [9.17, 15) is 4.21 Å². The summed E-state index contributed by atoms with van der Waals surface area (Å²) in [7, 11) is -1.25. The Balaban J connectivity index is 3.07. The monoisotopic (exact) mass is 194 g/mol. The molecule has 1 unspecified atom stereocenters. The van der Waals surface area contributed by atoms with Crippen molar-refractivity contribution in [2.75, 3.05) is 11.5 Å². The summed E-state index contributed by atoms with van der Waals surface area (Å²) in [4.78, 5) is 0.654. The quantitative estimate of drug-likeness (QED) is 0.719. The maximum absolute atomic E-state index is 11.5. The third kappa shape index (κ3) is 2.30. The van der Waals surface area contributed by atoms with Gasteiger partial charge in [-0.2, -0.15) is 5.26 Å². The maximum Gasteiger partial charge on any atom is 0.115 e. The van der Waals surface area contributed by atoms with Crippen molar-refractivity contribution in [3.63, 3.8) is 0 Å². The molecule has 0 aromatic heterocycles. The van der Waals surface area contributed by atoms with Crippen LogP contribution >= 0.6 is 0 Å². The topological polar surface area (TPSA) is 66.9 Å². The molecule has 13 heavy (non-hydrogen) atoms. The van der Waals surface area contributed by atoms with Gasteiger partial charge in [0.25, 0.3) is 0 Å². The fourth-order valence-electron chi connectivity index (χ4n) is 0.998. The number of nitrogens with two attached hydrogens (primary N) is 1. The van der Waals surface area contributed by atoms with Crippen LogP contribution in [0.1, 0.15) is 5.56 Å². The van der Waals surface area contributed by atoms with Gasteiger partial charge in [0.05, 0.1) is 16.9 Å². The molecule has 0 saturated carbocycles. The summed E-state index contributed by atoms with van der Waals surface area (Å²) in [5.41, 5.74) is 7.03. The van der Waals surface area contributed by atoms with Gasteiger partial charge in [0, 0.05) is 10.6 Å². The van der Waals surface area contributed by atoms with Crippen molar-refractivity contribution in [1.82, 2.24) is 0 Å². The summed E-state index contributed by atoms with van der Waals surface area (Å²) >= 11 is 0. The van der Waals surface area contributed by atoms with E-state index >= 15 is 0 Å². The van der Waals surface area contributed by atoms with Gasteiger partial charge in [0.2, 0.25) is 0 Å². The number of nitrogens with zero attached hydrogens (tertiary/aromatic N) is 1. The first kappa shape index (κ1) is 9.75. The summed E-state index contributed by atoms with van der Waals surface area (Å²) in [6, 6.07) is 7.09. The zero-order valence-electron chi connectivity index (χ0n) is 7.28. The summed E-state index contributed by atoms with van der Waals surface area (Å²) in [6.45, 7) is 1.85. The van der Waals surface area contributed by atoms with Gasteiger partial charge in [-0.25, -0.2) is 0 Å². The SMILES string of the molecule is Cc1ccc(N)cc1S(=O)CC#N. The number of nitrogen functional groups attached to an aromatic ring is 1. The Hall–Kier alpha value is -1.34. The molecule has 0 fully saturated rings. The second kappa shape index (κ2) is 4.06. The van der Waals surface area contributed by atoms with E-state index in [1.165, 1.54) is 0 Å². The highest BCUT2D eigenvalue weighted by Crippen LogP contribution is 2.16. The molecule has 0 spiro atoms. The lowest BCUT2D eigenvalue weighted by atomic mass is 10.2. The number of rotatable bonds is 2. The van der Waals surface area contributed by atoms with Crippen LogP contribution < -0.4 is 5.73 Å². The molecule has 0 amide bonds.